The van der Waals surface area contributed by atoms with Gasteiger partial charge in [0, 0.05) is 28.8 Å². The molecule has 1 fully saturated rings. The highest BCUT2D eigenvalue weighted by Gasteiger charge is 2.28. The Morgan fingerprint density at radius 3 is 2.47 bits per heavy atom. The summed E-state index contributed by atoms with van der Waals surface area (Å²) in [7, 11) is -3.98. The number of halogens is 1. The summed E-state index contributed by atoms with van der Waals surface area (Å²) in [6, 6.07) is 20.1. The lowest BCUT2D eigenvalue weighted by molar-refractivity contribution is -0.117. The fourth-order valence-electron chi connectivity index (χ4n) is 3.94. The van der Waals surface area contributed by atoms with E-state index in [1.807, 2.05) is 6.92 Å². The fraction of sp³-hybridized carbons (Fsp3) is 0.200. The second kappa shape index (κ2) is 9.99. The molecule has 0 radical (unpaired) electrons. The highest BCUT2D eigenvalue weighted by atomic mass is 79.9. The SMILES string of the molecule is Cc1cc(NC(=O)CN(c2cccc(Br)c2)S(=O)(=O)c2ccccc2)ccc1N1CCCC1=O. The predicted molar refractivity (Wildman–Crippen MR) is 137 cm³/mol. The first-order chi connectivity index (χ1) is 16.3. The van der Waals surface area contributed by atoms with Crippen LogP contribution in [0.25, 0.3) is 0 Å². The van der Waals surface area contributed by atoms with Gasteiger partial charge in [-0.15, -0.1) is 0 Å². The largest absolute Gasteiger partial charge is 0.325 e. The Balaban J connectivity index is 1.58. The zero-order valence-electron chi connectivity index (χ0n) is 18.6. The van der Waals surface area contributed by atoms with E-state index in [1.54, 1.807) is 65.6 Å². The quantitative estimate of drug-likeness (QED) is 0.468. The molecule has 9 heteroatoms. The Morgan fingerprint density at radius 2 is 1.82 bits per heavy atom. The van der Waals surface area contributed by atoms with Crippen LogP contribution in [0.5, 0.6) is 0 Å². The second-order valence-electron chi connectivity index (χ2n) is 8.00. The van der Waals surface area contributed by atoms with Crippen LogP contribution in [-0.2, 0) is 19.6 Å². The highest BCUT2D eigenvalue weighted by molar-refractivity contribution is 9.10. The van der Waals surface area contributed by atoms with Gasteiger partial charge >= 0.3 is 0 Å². The van der Waals surface area contributed by atoms with Crippen LogP contribution in [0.1, 0.15) is 18.4 Å². The number of nitrogens with one attached hydrogen (secondary N) is 1. The monoisotopic (exact) mass is 541 g/mol. The molecule has 0 aliphatic carbocycles. The van der Waals surface area contributed by atoms with Gasteiger partial charge < -0.3 is 10.2 Å². The Morgan fingerprint density at radius 1 is 1.06 bits per heavy atom. The Hall–Kier alpha value is -3.17. The third-order valence-electron chi connectivity index (χ3n) is 5.56. The summed E-state index contributed by atoms with van der Waals surface area (Å²) in [6.07, 6.45) is 1.37. The van der Waals surface area contributed by atoms with E-state index in [0.29, 0.717) is 28.8 Å². The number of aryl methyl sites for hydroxylation is 1. The van der Waals surface area contributed by atoms with Gasteiger partial charge in [-0.05, 0) is 67.4 Å². The number of carbonyl (C=O) groups excluding carboxylic acids is 2. The number of benzene rings is 3. The van der Waals surface area contributed by atoms with E-state index >= 15 is 0 Å². The van der Waals surface area contributed by atoms with E-state index in [1.165, 1.54) is 12.1 Å². The molecule has 1 heterocycles. The van der Waals surface area contributed by atoms with Gasteiger partial charge in [0.05, 0.1) is 10.6 Å². The lowest BCUT2D eigenvalue weighted by atomic mass is 10.1. The molecule has 1 aliphatic heterocycles. The third kappa shape index (κ3) is 5.15. The number of amides is 2. The molecule has 2 amide bonds. The molecule has 176 valence electrons. The van der Waals surface area contributed by atoms with E-state index < -0.39 is 22.5 Å². The maximum atomic E-state index is 13.4. The van der Waals surface area contributed by atoms with Crippen molar-refractivity contribution in [3.8, 4) is 0 Å². The smallest absolute Gasteiger partial charge is 0.264 e. The highest BCUT2D eigenvalue weighted by Crippen LogP contribution is 2.29. The summed E-state index contributed by atoms with van der Waals surface area (Å²) in [5.41, 5.74) is 2.58. The molecular formula is C25H24BrN3O4S. The molecule has 1 aliphatic rings. The lowest BCUT2D eigenvalue weighted by Gasteiger charge is -2.24. The normalized spacial score (nSPS) is 13.7. The molecule has 0 atom stereocenters. The Kier molecular flexibility index (Phi) is 7.04. The number of sulfonamides is 1. The van der Waals surface area contributed by atoms with Crippen LogP contribution in [-0.4, -0.2) is 33.3 Å². The molecule has 4 rings (SSSR count). The molecule has 0 unspecified atom stereocenters. The van der Waals surface area contributed by atoms with Crippen molar-refractivity contribution in [1.82, 2.24) is 0 Å². The maximum absolute atomic E-state index is 13.4. The molecule has 7 nitrogen and oxygen atoms in total. The van der Waals surface area contributed by atoms with Gasteiger partial charge in [-0.25, -0.2) is 8.42 Å². The summed E-state index contributed by atoms with van der Waals surface area (Å²) in [5, 5.41) is 2.79. The van der Waals surface area contributed by atoms with Crippen molar-refractivity contribution in [2.45, 2.75) is 24.7 Å². The van der Waals surface area contributed by atoms with E-state index in [0.717, 1.165) is 22.0 Å². The van der Waals surface area contributed by atoms with Crippen LogP contribution < -0.4 is 14.5 Å². The molecule has 3 aromatic carbocycles. The van der Waals surface area contributed by atoms with Crippen LogP contribution in [0.4, 0.5) is 17.1 Å². The van der Waals surface area contributed by atoms with Gasteiger partial charge in [0.2, 0.25) is 11.8 Å². The number of nitrogens with zero attached hydrogens (tertiary/aromatic N) is 2. The van der Waals surface area contributed by atoms with Gasteiger partial charge in [0.1, 0.15) is 6.54 Å². The summed E-state index contributed by atoms with van der Waals surface area (Å²) in [5.74, 6) is -0.389. The van der Waals surface area contributed by atoms with Gasteiger partial charge in [0.15, 0.2) is 0 Å². The molecule has 34 heavy (non-hydrogen) atoms. The van der Waals surface area contributed by atoms with Crippen LogP contribution >= 0.6 is 15.9 Å². The first kappa shape index (κ1) is 24.0. The average Bonchev–Trinajstić information content (AvgIpc) is 3.23. The zero-order valence-corrected chi connectivity index (χ0v) is 21.0. The molecule has 0 bridgehead atoms. The van der Waals surface area contributed by atoms with Crippen molar-refractivity contribution in [2.75, 3.05) is 27.6 Å². The topological polar surface area (TPSA) is 86.8 Å². The Labute approximate surface area is 207 Å². The first-order valence-electron chi connectivity index (χ1n) is 10.8. The van der Waals surface area contributed by atoms with Gasteiger partial charge in [-0.1, -0.05) is 40.2 Å². The maximum Gasteiger partial charge on any atom is 0.264 e. The van der Waals surface area contributed by atoms with Crippen molar-refractivity contribution in [3.63, 3.8) is 0 Å². The molecule has 0 spiro atoms. The molecule has 3 aromatic rings. The summed E-state index contributed by atoms with van der Waals surface area (Å²) in [4.78, 5) is 26.9. The minimum atomic E-state index is -3.98. The standard InChI is InChI=1S/C25H24BrN3O4S/c1-18-15-20(12-13-23(18)28-14-6-11-25(28)31)27-24(30)17-29(21-8-5-7-19(26)16-21)34(32,33)22-9-3-2-4-10-22/h2-5,7-10,12-13,15-16H,6,11,14,17H2,1H3,(H,27,30). The third-order valence-corrected chi connectivity index (χ3v) is 7.84. The molecule has 0 saturated carbocycles. The van der Waals surface area contributed by atoms with Crippen molar-refractivity contribution >= 4 is 54.8 Å². The summed E-state index contributed by atoms with van der Waals surface area (Å²) >= 11 is 3.37. The molecular weight excluding hydrogens is 518 g/mol. The predicted octanol–water partition coefficient (Wildman–Crippen LogP) is 4.72. The van der Waals surface area contributed by atoms with Crippen molar-refractivity contribution in [2.24, 2.45) is 0 Å². The Bertz CT molecular complexity index is 1330. The van der Waals surface area contributed by atoms with E-state index in [-0.39, 0.29) is 10.8 Å². The van der Waals surface area contributed by atoms with Gasteiger partial charge in [-0.2, -0.15) is 0 Å². The number of hydrogen-bond acceptors (Lipinski definition) is 4. The fourth-order valence-corrected chi connectivity index (χ4v) is 5.76. The van der Waals surface area contributed by atoms with Gasteiger partial charge in [-0.3, -0.25) is 13.9 Å². The zero-order chi connectivity index (χ0) is 24.3. The number of hydrogen-bond donors (Lipinski definition) is 1. The van der Waals surface area contributed by atoms with Crippen LogP contribution in [0.2, 0.25) is 0 Å². The average molecular weight is 542 g/mol. The van der Waals surface area contributed by atoms with Crippen molar-refractivity contribution < 1.29 is 18.0 Å². The van der Waals surface area contributed by atoms with E-state index in [9.17, 15) is 18.0 Å². The van der Waals surface area contributed by atoms with Crippen LogP contribution in [0, 0.1) is 6.92 Å². The lowest BCUT2D eigenvalue weighted by Crippen LogP contribution is -2.38. The van der Waals surface area contributed by atoms with E-state index in [2.05, 4.69) is 21.2 Å². The number of rotatable bonds is 7. The summed E-state index contributed by atoms with van der Waals surface area (Å²) < 4.78 is 28.6. The minimum Gasteiger partial charge on any atom is -0.325 e. The molecule has 1 N–H and O–H groups in total. The summed E-state index contributed by atoms with van der Waals surface area (Å²) in [6.45, 7) is 2.16. The minimum absolute atomic E-state index is 0.0932. The molecule has 0 aromatic heterocycles. The van der Waals surface area contributed by atoms with E-state index in [4.69, 9.17) is 0 Å². The number of anilines is 3. The number of carbonyl (C=O) groups is 2. The van der Waals surface area contributed by atoms with Crippen LogP contribution in [0.15, 0.2) is 82.2 Å². The van der Waals surface area contributed by atoms with Gasteiger partial charge in [0.25, 0.3) is 10.0 Å². The van der Waals surface area contributed by atoms with Crippen molar-refractivity contribution in [1.29, 1.82) is 0 Å². The first-order valence-corrected chi connectivity index (χ1v) is 13.0. The van der Waals surface area contributed by atoms with Crippen molar-refractivity contribution in [3.05, 3.63) is 82.8 Å². The molecule has 1 saturated heterocycles. The van der Waals surface area contributed by atoms with Crippen LogP contribution in [0.3, 0.4) is 0 Å². The second-order valence-corrected chi connectivity index (χ2v) is 10.8.